The molecule has 1 atom stereocenters. The maximum atomic E-state index is 14.4. The molecule has 4 heterocycles. The fourth-order valence-corrected chi connectivity index (χ4v) is 6.35. The van der Waals surface area contributed by atoms with Crippen LogP contribution in [0.5, 0.6) is 11.5 Å². The number of fused-ring (bicyclic) bond motifs is 3. The molecular weight excluding hydrogens is 528 g/mol. The molecule has 0 unspecified atom stereocenters. The molecule has 2 bridgehead atoms. The van der Waals surface area contributed by atoms with Gasteiger partial charge in [-0.2, -0.15) is 0 Å². The van der Waals surface area contributed by atoms with Crippen LogP contribution in [0.15, 0.2) is 36.7 Å². The molecule has 10 heteroatoms. The Kier molecular flexibility index (Phi) is 5.87. The van der Waals surface area contributed by atoms with Gasteiger partial charge in [0.1, 0.15) is 0 Å². The van der Waals surface area contributed by atoms with Gasteiger partial charge in [-0.05, 0) is 0 Å². The van der Waals surface area contributed by atoms with E-state index in [9.17, 15) is 9.18 Å². The molecule has 2 aromatic heterocycles. The van der Waals surface area contributed by atoms with E-state index in [1.165, 1.54) is 13.2 Å². The zero-order valence-electron chi connectivity index (χ0n) is 17.3. The Labute approximate surface area is 194 Å². The monoisotopic (exact) mass is 550 g/mol. The van der Waals surface area contributed by atoms with Crippen LogP contribution in [0, 0.1) is 5.82 Å². The Hall–Kier alpha value is -2.86. The minimum absolute atomic E-state index is 0.0828. The summed E-state index contributed by atoms with van der Waals surface area (Å²) in [7, 11) is 1.42. The van der Waals surface area contributed by atoms with Gasteiger partial charge >= 0.3 is 195 Å². The van der Waals surface area contributed by atoms with Crippen molar-refractivity contribution in [3.8, 4) is 22.8 Å². The molecule has 0 saturated carbocycles. The van der Waals surface area contributed by atoms with E-state index < -0.39 is 27.3 Å². The summed E-state index contributed by atoms with van der Waals surface area (Å²) in [5.41, 5.74) is 3.89. The van der Waals surface area contributed by atoms with E-state index >= 15 is 0 Å². The Morgan fingerprint density at radius 1 is 1.34 bits per heavy atom. The average molecular weight is 550 g/mol. The van der Waals surface area contributed by atoms with Crippen molar-refractivity contribution in [2.24, 2.45) is 0 Å². The van der Waals surface area contributed by atoms with Crippen LogP contribution >= 0.6 is 0 Å². The molecule has 2 aliphatic rings. The van der Waals surface area contributed by atoms with Crippen LogP contribution in [0.4, 0.5) is 15.8 Å². The van der Waals surface area contributed by atoms with E-state index in [0.717, 1.165) is 24.2 Å². The van der Waals surface area contributed by atoms with Gasteiger partial charge in [0.2, 0.25) is 0 Å². The number of ether oxygens (including phenoxy) is 2. The van der Waals surface area contributed by atoms with Gasteiger partial charge in [-0.25, -0.2) is 0 Å². The number of H-pyrrole nitrogens is 1. The third-order valence-corrected chi connectivity index (χ3v) is 8.17. The standard InChI is InChI=1S/C22H22FIN5O3/c1-31-21-13(23)4-2-5-15(21)28-20-17-19-14(10-26-22(17)30)24-27-7-3-9-32-16-11-25-8-6-12(16)18(20)29-19/h2,4-6,8,11,14,27-29H,3,7,9-10H2,1H3,(H,26,30)/q-1/t14-/m1/s1. The maximum absolute atomic E-state index is 14.4. The quantitative estimate of drug-likeness (QED) is 0.210. The van der Waals surface area contributed by atoms with Crippen LogP contribution in [0.2, 0.25) is 0 Å². The predicted molar refractivity (Wildman–Crippen MR) is 113 cm³/mol. The molecule has 0 fully saturated rings. The average Bonchev–Trinajstić information content (AvgIpc) is 3.17. The van der Waals surface area contributed by atoms with E-state index in [2.05, 4.69) is 24.1 Å². The number of nitrogens with one attached hydrogen (secondary N) is 4. The van der Waals surface area contributed by atoms with Gasteiger partial charge in [0.05, 0.1) is 0 Å². The Bertz CT molecular complexity index is 1170. The number of carbonyl (C=O) groups excluding carboxylic acids is 1. The number of aromatic amines is 1. The van der Waals surface area contributed by atoms with Gasteiger partial charge in [0, 0.05) is 0 Å². The number of pyridine rings is 1. The summed E-state index contributed by atoms with van der Waals surface area (Å²) >= 11 is -0.418. The normalized spacial score (nSPS) is 18.1. The van der Waals surface area contributed by atoms with E-state index in [0.29, 0.717) is 41.5 Å². The number of aromatic nitrogens is 2. The second-order valence-electron chi connectivity index (χ2n) is 7.35. The minimum atomic E-state index is -0.486. The number of methoxy groups -OCH3 is 1. The van der Waals surface area contributed by atoms with Gasteiger partial charge in [-0.3, -0.25) is 0 Å². The molecule has 0 spiro atoms. The SMILES string of the molecule is COc1c(F)cccc1Nc1c2[nH]c3c1C(=O)NC[C@H]3[I-]NCCCOc1cnccc1-2. The van der Waals surface area contributed by atoms with Crippen LogP contribution in [0.25, 0.3) is 11.3 Å². The van der Waals surface area contributed by atoms with Gasteiger partial charge < -0.3 is 0 Å². The van der Waals surface area contributed by atoms with Crippen molar-refractivity contribution in [2.45, 2.75) is 10.3 Å². The summed E-state index contributed by atoms with van der Waals surface area (Å²) in [6, 6.07) is 6.50. The van der Waals surface area contributed by atoms with Crippen molar-refractivity contribution in [2.75, 3.05) is 32.1 Å². The number of amides is 1. The number of anilines is 2. The number of rotatable bonds is 3. The molecule has 1 aromatic carbocycles. The Morgan fingerprint density at radius 3 is 3.12 bits per heavy atom. The summed E-state index contributed by atoms with van der Waals surface area (Å²) in [5, 5.41) is 6.29. The molecule has 168 valence electrons. The fourth-order valence-electron chi connectivity index (χ4n) is 3.90. The zero-order chi connectivity index (χ0) is 22.1. The van der Waals surface area contributed by atoms with Crippen LogP contribution < -0.4 is 45.1 Å². The molecule has 0 aliphatic carbocycles. The van der Waals surface area contributed by atoms with E-state index in [4.69, 9.17) is 9.47 Å². The topological polar surface area (TPSA) is 100 Å². The van der Waals surface area contributed by atoms with Crippen molar-refractivity contribution < 1.29 is 40.1 Å². The number of alkyl halides is 1. The van der Waals surface area contributed by atoms with Crippen LogP contribution in [-0.4, -0.2) is 42.7 Å². The second kappa shape index (κ2) is 8.94. The first-order valence-electron chi connectivity index (χ1n) is 10.2. The first-order valence-corrected chi connectivity index (χ1v) is 12.6. The Morgan fingerprint density at radius 2 is 2.25 bits per heavy atom. The number of para-hydroxylation sites is 1. The van der Waals surface area contributed by atoms with Gasteiger partial charge in [-0.1, -0.05) is 0 Å². The van der Waals surface area contributed by atoms with Crippen LogP contribution in [0.1, 0.15) is 26.4 Å². The van der Waals surface area contributed by atoms with E-state index in [-0.39, 0.29) is 15.6 Å². The summed E-state index contributed by atoms with van der Waals surface area (Å²) < 4.78 is 29.4. The molecule has 3 aromatic rings. The van der Waals surface area contributed by atoms with Crippen LogP contribution in [0.3, 0.4) is 0 Å². The summed E-state index contributed by atoms with van der Waals surface area (Å²) in [5.74, 6) is 0.0404. The van der Waals surface area contributed by atoms with Crippen molar-refractivity contribution in [1.29, 1.82) is 0 Å². The van der Waals surface area contributed by atoms with Crippen molar-refractivity contribution in [3.05, 3.63) is 53.7 Å². The fraction of sp³-hybridized carbons (Fsp3) is 0.273. The van der Waals surface area contributed by atoms with Crippen molar-refractivity contribution in [1.82, 2.24) is 18.8 Å². The summed E-state index contributed by atoms with van der Waals surface area (Å²) in [4.78, 5) is 20.7. The molecule has 0 saturated heterocycles. The first-order chi connectivity index (χ1) is 15.7. The number of nitrogens with zero attached hydrogens (tertiary/aromatic N) is 1. The van der Waals surface area contributed by atoms with Crippen molar-refractivity contribution in [3.63, 3.8) is 0 Å². The molecule has 0 radical (unpaired) electrons. The third kappa shape index (κ3) is 3.77. The molecule has 5 rings (SSSR count). The zero-order valence-corrected chi connectivity index (χ0v) is 19.5. The number of hydrogen-bond acceptors (Lipinski definition) is 6. The number of benzene rings is 1. The molecular formula is C22H22FIN5O3-. The number of hydrogen-bond donors (Lipinski definition) is 4. The number of carbonyl (C=O) groups is 1. The Balaban J connectivity index is 1.73. The molecule has 1 amide bonds. The van der Waals surface area contributed by atoms with E-state index in [1.54, 1.807) is 24.5 Å². The molecule has 8 nitrogen and oxygen atoms in total. The third-order valence-electron chi connectivity index (χ3n) is 5.38. The summed E-state index contributed by atoms with van der Waals surface area (Å²) in [6.45, 7) is 1.98. The molecule has 4 N–H and O–H groups in total. The van der Waals surface area contributed by atoms with Crippen molar-refractivity contribution >= 4 is 17.3 Å². The van der Waals surface area contributed by atoms with Gasteiger partial charge in [-0.15, -0.1) is 0 Å². The summed E-state index contributed by atoms with van der Waals surface area (Å²) in [6.07, 6.45) is 4.23. The van der Waals surface area contributed by atoms with Gasteiger partial charge in [0.15, 0.2) is 0 Å². The van der Waals surface area contributed by atoms with Crippen LogP contribution in [-0.2, 0) is 0 Å². The van der Waals surface area contributed by atoms with Gasteiger partial charge in [0.25, 0.3) is 0 Å². The second-order valence-corrected chi connectivity index (χ2v) is 10.2. The molecule has 2 aliphatic heterocycles. The first kappa shape index (κ1) is 21.0. The number of halogens is 2. The predicted octanol–water partition coefficient (Wildman–Crippen LogP) is 0.129. The molecule has 32 heavy (non-hydrogen) atoms. The van der Waals surface area contributed by atoms with E-state index in [1.807, 2.05) is 6.07 Å².